The molecule has 4 rings (SSSR count). The Morgan fingerprint density at radius 2 is 1.69 bits per heavy atom. The molecule has 8 heteroatoms. The van der Waals surface area contributed by atoms with Crippen LogP contribution in [0.2, 0.25) is 0 Å². The van der Waals surface area contributed by atoms with E-state index in [-0.39, 0.29) is 6.61 Å². The second-order valence-corrected chi connectivity index (χ2v) is 7.13. The third-order valence-electron chi connectivity index (χ3n) is 4.99. The van der Waals surface area contributed by atoms with E-state index in [1.54, 1.807) is 24.4 Å². The first-order valence-corrected chi connectivity index (χ1v) is 10.4. The van der Waals surface area contributed by atoms with Gasteiger partial charge in [0.25, 0.3) is 11.8 Å². The summed E-state index contributed by atoms with van der Waals surface area (Å²) in [5.74, 6) is 0.230. The van der Waals surface area contributed by atoms with Gasteiger partial charge in [0.1, 0.15) is 11.6 Å². The molecule has 0 aliphatic carbocycles. The number of amides is 2. The third kappa shape index (κ3) is 5.22. The number of carbonyl (C=O) groups excluding carboxylic acids is 2. The molecule has 3 aromatic rings. The minimum Gasteiger partial charge on any atom is -0.483 e. The fourth-order valence-electron chi connectivity index (χ4n) is 3.42. The molecule has 1 aromatic heterocycles. The molecule has 2 heterocycles. The second-order valence-electron chi connectivity index (χ2n) is 7.13. The number of benzene rings is 2. The van der Waals surface area contributed by atoms with E-state index < -0.39 is 11.8 Å². The Morgan fingerprint density at radius 1 is 0.938 bits per heavy atom. The lowest BCUT2D eigenvalue weighted by Crippen LogP contribution is -2.45. The van der Waals surface area contributed by atoms with Gasteiger partial charge < -0.3 is 14.4 Å². The minimum absolute atomic E-state index is 0.243. The Balaban J connectivity index is 1.34. The number of carbonyl (C=O) groups is 2. The molecule has 0 bridgehead atoms. The molecule has 32 heavy (non-hydrogen) atoms. The molecule has 1 saturated heterocycles. The second kappa shape index (κ2) is 10.4. The standard InChI is InChI=1S/C24H24N4O4/c29-22(17-32-21-11-5-4-9-19(21)18-7-2-1-3-8-18)26-27-24(30)20-10-6-12-25-23(20)28-13-15-31-16-14-28/h1-12H,13-17H2,(H,26,29)(H,27,30). The number of hydrogen-bond donors (Lipinski definition) is 2. The molecule has 8 nitrogen and oxygen atoms in total. The minimum atomic E-state index is -0.474. The highest BCUT2D eigenvalue weighted by Crippen LogP contribution is 2.29. The molecule has 0 radical (unpaired) electrons. The van der Waals surface area contributed by atoms with Crippen LogP contribution >= 0.6 is 0 Å². The van der Waals surface area contributed by atoms with E-state index in [2.05, 4.69) is 15.8 Å². The first-order valence-electron chi connectivity index (χ1n) is 10.4. The summed E-state index contributed by atoms with van der Waals surface area (Å²) in [6.45, 7) is 2.22. The summed E-state index contributed by atoms with van der Waals surface area (Å²) >= 11 is 0. The molecular weight excluding hydrogens is 408 g/mol. The number of ether oxygens (including phenoxy) is 2. The van der Waals surface area contributed by atoms with Crippen LogP contribution in [0.3, 0.4) is 0 Å². The van der Waals surface area contributed by atoms with Gasteiger partial charge in [0.05, 0.1) is 18.8 Å². The molecule has 0 atom stereocenters. The van der Waals surface area contributed by atoms with Crippen molar-refractivity contribution in [1.29, 1.82) is 0 Å². The van der Waals surface area contributed by atoms with E-state index >= 15 is 0 Å². The Morgan fingerprint density at radius 3 is 2.50 bits per heavy atom. The van der Waals surface area contributed by atoms with Gasteiger partial charge >= 0.3 is 0 Å². The molecular formula is C24H24N4O4. The van der Waals surface area contributed by atoms with Gasteiger partial charge in [0.15, 0.2) is 6.61 Å². The predicted molar refractivity (Wildman–Crippen MR) is 120 cm³/mol. The Bertz CT molecular complexity index is 1070. The van der Waals surface area contributed by atoms with Gasteiger partial charge in [-0.1, -0.05) is 48.5 Å². The summed E-state index contributed by atoms with van der Waals surface area (Å²) in [6.07, 6.45) is 1.64. The topological polar surface area (TPSA) is 92.8 Å². The van der Waals surface area contributed by atoms with Crippen LogP contribution in [0.15, 0.2) is 72.9 Å². The van der Waals surface area contributed by atoms with Gasteiger partial charge in [-0.2, -0.15) is 0 Å². The summed E-state index contributed by atoms with van der Waals surface area (Å²) in [5.41, 5.74) is 7.10. The summed E-state index contributed by atoms with van der Waals surface area (Å²) in [5, 5.41) is 0. The molecule has 1 fully saturated rings. The summed E-state index contributed by atoms with van der Waals surface area (Å²) in [6, 6.07) is 20.6. The molecule has 1 aliphatic rings. The molecule has 0 unspecified atom stereocenters. The molecule has 164 valence electrons. The van der Waals surface area contributed by atoms with Crippen molar-refractivity contribution in [3.05, 3.63) is 78.5 Å². The zero-order valence-corrected chi connectivity index (χ0v) is 17.5. The van der Waals surface area contributed by atoms with Crippen molar-refractivity contribution in [1.82, 2.24) is 15.8 Å². The Labute approximate surface area is 186 Å². The molecule has 2 amide bonds. The first-order chi connectivity index (χ1) is 15.7. The van der Waals surface area contributed by atoms with Crippen molar-refractivity contribution < 1.29 is 19.1 Å². The number of aromatic nitrogens is 1. The van der Waals surface area contributed by atoms with Crippen LogP contribution in [0, 0.1) is 0 Å². The number of nitrogens with one attached hydrogen (secondary N) is 2. The summed E-state index contributed by atoms with van der Waals surface area (Å²) < 4.78 is 11.1. The van der Waals surface area contributed by atoms with E-state index in [9.17, 15) is 9.59 Å². The third-order valence-corrected chi connectivity index (χ3v) is 4.99. The van der Waals surface area contributed by atoms with E-state index in [1.165, 1.54) is 0 Å². The number of hydrazine groups is 1. The normalized spacial score (nSPS) is 13.3. The SMILES string of the molecule is O=C(COc1ccccc1-c1ccccc1)NNC(=O)c1cccnc1N1CCOCC1. The van der Waals surface area contributed by atoms with E-state index in [1.807, 2.05) is 53.4 Å². The van der Waals surface area contributed by atoms with Crippen LogP contribution < -0.4 is 20.5 Å². The number of anilines is 1. The number of para-hydroxylation sites is 1. The summed E-state index contributed by atoms with van der Waals surface area (Å²) in [7, 11) is 0. The Hall–Kier alpha value is -3.91. The van der Waals surface area contributed by atoms with Crippen molar-refractivity contribution in [2.45, 2.75) is 0 Å². The quantitative estimate of drug-likeness (QED) is 0.581. The maximum Gasteiger partial charge on any atom is 0.276 e. The summed E-state index contributed by atoms with van der Waals surface area (Å²) in [4.78, 5) is 31.3. The predicted octanol–water partition coefficient (Wildman–Crippen LogP) is 2.43. The highest BCUT2D eigenvalue weighted by atomic mass is 16.5. The number of morpholine rings is 1. The molecule has 0 saturated carbocycles. The van der Waals surface area contributed by atoms with Crippen molar-refractivity contribution in [3.63, 3.8) is 0 Å². The van der Waals surface area contributed by atoms with Crippen molar-refractivity contribution >= 4 is 17.6 Å². The molecule has 0 spiro atoms. The highest BCUT2D eigenvalue weighted by Gasteiger charge is 2.20. The lowest BCUT2D eigenvalue weighted by atomic mass is 10.1. The van der Waals surface area contributed by atoms with Crippen LogP contribution in [-0.2, 0) is 9.53 Å². The van der Waals surface area contributed by atoms with Gasteiger partial charge in [0, 0.05) is 24.8 Å². The van der Waals surface area contributed by atoms with Gasteiger partial charge in [0.2, 0.25) is 0 Å². The van der Waals surface area contributed by atoms with Crippen molar-refractivity contribution in [2.75, 3.05) is 37.8 Å². The number of rotatable bonds is 6. The van der Waals surface area contributed by atoms with E-state index in [0.717, 1.165) is 11.1 Å². The van der Waals surface area contributed by atoms with Crippen LogP contribution in [0.4, 0.5) is 5.82 Å². The number of hydrogen-bond acceptors (Lipinski definition) is 6. The average Bonchev–Trinajstić information content (AvgIpc) is 2.87. The zero-order valence-electron chi connectivity index (χ0n) is 17.5. The molecule has 2 aromatic carbocycles. The maximum atomic E-state index is 12.7. The van der Waals surface area contributed by atoms with Crippen LogP contribution in [0.1, 0.15) is 10.4 Å². The largest absolute Gasteiger partial charge is 0.483 e. The lowest BCUT2D eigenvalue weighted by molar-refractivity contribution is -0.123. The zero-order chi connectivity index (χ0) is 22.2. The van der Waals surface area contributed by atoms with Gasteiger partial charge in [-0.15, -0.1) is 0 Å². The van der Waals surface area contributed by atoms with Crippen LogP contribution in [0.25, 0.3) is 11.1 Å². The average molecular weight is 432 g/mol. The fourth-order valence-corrected chi connectivity index (χ4v) is 3.42. The van der Waals surface area contributed by atoms with Crippen LogP contribution in [-0.4, -0.2) is 49.7 Å². The van der Waals surface area contributed by atoms with Gasteiger partial charge in [-0.25, -0.2) is 4.98 Å². The van der Waals surface area contributed by atoms with E-state index in [0.29, 0.717) is 43.4 Å². The number of nitrogens with zero attached hydrogens (tertiary/aromatic N) is 2. The first kappa shape index (κ1) is 21.3. The van der Waals surface area contributed by atoms with Crippen LogP contribution in [0.5, 0.6) is 5.75 Å². The van der Waals surface area contributed by atoms with Gasteiger partial charge in [-0.05, 0) is 23.8 Å². The highest BCUT2D eigenvalue weighted by molar-refractivity contribution is 5.99. The fraction of sp³-hybridized carbons (Fsp3) is 0.208. The smallest absolute Gasteiger partial charge is 0.276 e. The maximum absolute atomic E-state index is 12.7. The number of pyridine rings is 1. The van der Waals surface area contributed by atoms with E-state index in [4.69, 9.17) is 9.47 Å². The van der Waals surface area contributed by atoms with Gasteiger partial charge in [-0.3, -0.25) is 20.4 Å². The Kier molecular flexibility index (Phi) is 6.94. The molecule has 2 N–H and O–H groups in total. The molecule has 1 aliphatic heterocycles. The monoisotopic (exact) mass is 432 g/mol. The lowest BCUT2D eigenvalue weighted by Gasteiger charge is -2.29. The van der Waals surface area contributed by atoms with Crippen molar-refractivity contribution in [2.24, 2.45) is 0 Å². The van der Waals surface area contributed by atoms with Crippen molar-refractivity contribution in [3.8, 4) is 16.9 Å².